The van der Waals surface area contributed by atoms with E-state index in [9.17, 15) is 26.3 Å². The Labute approximate surface area is 196 Å². The zero-order valence-electron chi connectivity index (χ0n) is 19.2. The van der Waals surface area contributed by atoms with Gasteiger partial charge < -0.3 is 4.74 Å². The highest BCUT2D eigenvalue weighted by Gasteiger charge is 2.39. The predicted molar refractivity (Wildman–Crippen MR) is 118 cm³/mol. The lowest BCUT2D eigenvalue weighted by Crippen LogP contribution is -2.26. The minimum Gasteiger partial charge on any atom is -0.429 e. The van der Waals surface area contributed by atoms with Crippen LogP contribution in [-0.2, 0) is 6.11 Å². The summed E-state index contributed by atoms with van der Waals surface area (Å²) < 4.78 is 87.8. The summed E-state index contributed by atoms with van der Waals surface area (Å²) in [5.74, 6) is -4.80. The summed E-state index contributed by atoms with van der Waals surface area (Å²) in [7, 11) is 0. The standard InChI is InChI=1S/C27H30F6O/c1-2-16-3-5-17(6-4-16)18-7-9-19(10-8-18)20-11-12-22(23(28)13-20)27(32,33)34-21-14-24(29)26(31)25(30)15-21/h11-19H,2-10H2,1H3. The van der Waals surface area contributed by atoms with Crippen LogP contribution in [-0.4, -0.2) is 0 Å². The Balaban J connectivity index is 1.39. The summed E-state index contributed by atoms with van der Waals surface area (Å²) in [6.07, 6.45) is 6.19. The largest absolute Gasteiger partial charge is 0.429 e. The van der Waals surface area contributed by atoms with Crippen LogP contribution in [0.2, 0.25) is 0 Å². The molecule has 2 saturated carbocycles. The highest BCUT2D eigenvalue weighted by molar-refractivity contribution is 5.31. The Bertz CT molecular complexity index is 968. The highest BCUT2D eigenvalue weighted by atomic mass is 19.3. The van der Waals surface area contributed by atoms with Crippen molar-refractivity contribution in [1.82, 2.24) is 0 Å². The average molecular weight is 485 g/mol. The number of benzene rings is 2. The minimum atomic E-state index is -4.19. The summed E-state index contributed by atoms with van der Waals surface area (Å²) in [5, 5.41) is 0. The molecule has 1 nitrogen and oxygen atoms in total. The average Bonchev–Trinajstić information content (AvgIpc) is 2.82. The number of rotatable bonds is 6. The van der Waals surface area contributed by atoms with E-state index >= 15 is 0 Å². The van der Waals surface area contributed by atoms with Crippen LogP contribution < -0.4 is 4.74 Å². The van der Waals surface area contributed by atoms with Gasteiger partial charge in [0.15, 0.2) is 17.5 Å². The summed E-state index contributed by atoms with van der Waals surface area (Å²) in [6, 6.07) is 4.13. The van der Waals surface area contributed by atoms with Crippen molar-refractivity contribution >= 4 is 0 Å². The Hall–Kier alpha value is -2.18. The van der Waals surface area contributed by atoms with Crippen LogP contribution >= 0.6 is 0 Å². The first-order valence-corrected chi connectivity index (χ1v) is 12.2. The van der Waals surface area contributed by atoms with E-state index in [1.165, 1.54) is 38.2 Å². The summed E-state index contributed by atoms with van der Waals surface area (Å²) in [5.41, 5.74) is -0.369. The lowest BCUT2D eigenvalue weighted by Gasteiger charge is -2.38. The van der Waals surface area contributed by atoms with Crippen LogP contribution in [0.4, 0.5) is 26.3 Å². The van der Waals surface area contributed by atoms with E-state index in [4.69, 9.17) is 0 Å². The highest BCUT2D eigenvalue weighted by Crippen LogP contribution is 2.45. The maximum Gasteiger partial charge on any atom is 0.429 e. The molecule has 0 amide bonds. The van der Waals surface area contributed by atoms with Crippen LogP contribution in [0.5, 0.6) is 5.75 Å². The van der Waals surface area contributed by atoms with Gasteiger partial charge in [-0.15, -0.1) is 0 Å². The zero-order chi connectivity index (χ0) is 24.5. The summed E-state index contributed by atoms with van der Waals surface area (Å²) >= 11 is 0. The number of ether oxygens (including phenoxy) is 1. The van der Waals surface area contributed by atoms with Crippen molar-refractivity contribution in [3.05, 3.63) is 64.7 Å². The monoisotopic (exact) mass is 484 g/mol. The molecular formula is C27H30F6O. The van der Waals surface area contributed by atoms with E-state index in [-0.39, 0.29) is 5.92 Å². The maximum atomic E-state index is 14.7. The molecule has 0 aromatic heterocycles. The van der Waals surface area contributed by atoms with E-state index in [2.05, 4.69) is 11.7 Å². The molecule has 0 aliphatic heterocycles. The van der Waals surface area contributed by atoms with Crippen molar-refractivity contribution in [3.63, 3.8) is 0 Å². The van der Waals surface area contributed by atoms with Crippen LogP contribution in [0.3, 0.4) is 0 Å². The lowest BCUT2D eigenvalue weighted by molar-refractivity contribution is -0.187. The van der Waals surface area contributed by atoms with Gasteiger partial charge in [0.1, 0.15) is 11.6 Å². The van der Waals surface area contributed by atoms with Crippen molar-refractivity contribution in [3.8, 4) is 5.75 Å². The van der Waals surface area contributed by atoms with Crippen molar-refractivity contribution < 1.29 is 31.1 Å². The fourth-order valence-electron chi connectivity index (χ4n) is 5.81. The predicted octanol–water partition coefficient (Wildman–Crippen LogP) is 8.86. The first-order chi connectivity index (χ1) is 16.2. The molecule has 0 heterocycles. The van der Waals surface area contributed by atoms with Crippen LogP contribution in [0.1, 0.15) is 81.8 Å². The van der Waals surface area contributed by atoms with Gasteiger partial charge in [0, 0.05) is 12.1 Å². The number of hydrogen-bond acceptors (Lipinski definition) is 1. The van der Waals surface area contributed by atoms with Crippen molar-refractivity contribution in [2.75, 3.05) is 0 Å². The molecule has 7 heteroatoms. The SMILES string of the molecule is CCC1CCC(C2CCC(c3ccc(C(F)(F)Oc4cc(F)c(F)c(F)c4)c(F)c3)CC2)CC1. The van der Waals surface area contributed by atoms with Crippen LogP contribution in [0.15, 0.2) is 30.3 Å². The molecule has 186 valence electrons. The second-order valence-electron chi connectivity index (χ2n) is 9.86. The smallest absolute Gasteiger partial charge is 0.429 e. The van der Waals surface area contributed by atoms with Crippen LogP contribution in [0, 0.1) is 41.0 Å². The topological polar surface area (TPSA) is 9.23 Å². The Morgan fingerprint density at radius 3 is 1.85 bits per heavy atom. The zero-order valence-corrected chi connectivity index (χ0v) is 19.2. The van der Waals surface area contributed by atoms with E-state index in [1.807, 2.05) is 0 Å². The molecular weight excluding hydrogens is 454 g/mol. The minimum absolute atomic E-state index is 0.113. The van der Waals surface area contributed by atoms with Gasteiger partial charge in [0.25, 0.3) is 0 Å². The Kier molecular flexibility index (Phi) is 7.48. The van der Waals surface area contributed by atoms with Crippen LogP contribution in [0.25, 0.3) is 0 Å². The Morgan fingerprint density at radius 1 is 0.765 bits per heavy atom. The molecule has 2 aliphatic carbocycles. The fourth-order valence-corrected chi connectivity index (χ4v) is 5.81. The Morgan fingerprint density at radius 2 is 1.32 bits per heavy atom. The molecule has 0 atom stereocenters. The van der Waals surface area contributed by atoms with Crippen molar-refractivity contribution in [2.45, 2.75) is 76.7 Å². The molecule has 0 saturated heterocycles. The first-order valence-electron chi connectivity index (χ1n) is 12.2. The van der Waals surface area contributed by atoms with Gasteiger partial charge in [0.05, 0.1) is 5.56 Å². The molecule has 0 bridgehead atoms. The maximum absolute atomic E-state index is 14.7. The van der Waals surface area contributed by atoms with Crippen molar-refractivity contribution in [2.24, 2.45) is 17.8 Å². The molecule has 0 spiro atoms. The molecule has 2 aromatic carbocycles. The number of hydrogen-bond donors (Lipinski definition) is 0. The third-order valence-corrected chi connectivity index (χ3v) is 7.89. The molecule has 2 fully saturated rings. The van der Waals surface area contributed by atoms with E-state index in [1.54, 1.807) is 0 Å². The molecule has 4 rings (SSSR count). The van der Waals surface area contributed by atoms with Gasteiger partial charge in [0.2, 0.25) is 0 Å². The van der Waals surface area contributed by atoms with Gasteiger partial charge in [-0.05, 0) is 79.9 Å². The molecule has 2 aromatic rings. The summed E-state index contributed by atoms with van der Waals surface area (Å²) in [6.45, 7) is 2.25. The fraction of sp³-hybridized carbons (Fsp3) is 0.556. The second kappa shape index (κ2) is 10.2. The number of alkyl halides is 2. The normalized spacial score (nSPS) is 25.9. The second-order valence-corrected chi connectivity index (χ2v) is 9.86. The van der Waals surface area contributed by atoms with Gasteiger partial charge in [-0.2, -0.15) is 8.78 Å². The van der Waals surface area contributed by atoms with Gasteiger partial charge in [-0.3, -0.25) is 0 Å². The lowest BCUT2D eigenvalue weighted by atomic mass is 9.68. The molecule has 2 aliphatic rings. The van der Waals surface area contributed by atoms with Crippen molar-refractivity contribution in [1.29, 1.82) is 0 Å². The number of halogens is 6. The van der Waals surface area contributed by atoms with E-state index < -0.39 is 40.7 Å². The molecule has 0 N–H and O–H groups in total. The molecule has 34 heavy (non-hydrogen) atoms. The van der Waals surface area contributed by atoms with E-state index in [0.29, 0.717) is 23.6 Å². The first kappa shape index (κ1) is 24.9. The third kappa shape index (κ3) is 5.38. The van der Waals surface area contributed by atoms with Gasteiger partial charge in [-0.25, -0.2) is 17.6 Å². The van der Waals surface area contributed by atoms with E-state index in [0.717, 1.165) is 49.7 Å². The summed E-state index contributed by atoms with van der Waals surface area (Å²) in [4.78, 5) is 0. The quantitative estimate of drug-likeness (QED) is 0.294. The molecule has 0 radical (unpaired) electrons. The molecule has 0 unspecified atom stereocenters. The van der Waals surface area contributed by atoms with Gasteiger partial charge in [-0.1, -0.05) is 32.3 Å². The van der Waals surface area contributed by atoms with Gasteiger partial charge >= 0.3 is 6.11 Å². The third-order valence-electron chi connectivity index (χ3n) is 7.89.